The van der Waals surface area contributed by atoms with E-state index in [2.05, 4.69) is 32.9 Å². The second-order valence-electron chi connectivity index (χ2n) is 3.39. The first-order valence-corrected chi connectivity index (χ1v) is 4.61. The molecule has 0 aliphatic heterocycles. The van der Waals surface area contributed by atoms with Gasteiger partial charge in [0.1, 0.15) is 6.61 Å². The first kappa shape index (κ1) is 11.5. The van der Waals surface area contributed by atoms with Crippen LogP contribution in [-0.2, 0) is 4.84 Å². The fourth-order valence-electron chi connectivity index (χ4n) is 1.00. The standard InChI is InChI=1S/C10H20NO/c1-5-10(4,6-2)8-9-12-11-7-3/h7H,3,5-6,8-9H2,1-2,4H3. The molecule has 0 heterocycles. The third-order valence-corrected chi connectivity index (χ3v) is 2.65. The summed E-state index contributed by atoms with van der Waals surface area (Å²) in [6, 6.07) is 0. The summed E-state index contributed by atoms with van der Waals surface area (Å²) in [7, 11) is 0. The summed E-state index contributed by atoms with van der Waals surface area (Å²) in [6.07, 6.45) is 4.88. The van der Waals surface area contributed by atoms with Crippen LogP contribution in [-0.4, -0.2) is 12.8 Å². The summed E-state index contributed by atoms with van der Waals surface area (Å²) >= 11 is 0. The van der Waals surface area contributed by atoms with E-state index in [1.807, 2.05) is 0 Å². The van der Waals surface area contributed by atoms with Gasteiger partial charge < -0.3 is 4.84 Å². The summed E-state index contributed by atoms with van der Waals surface area (Å²) in [5.41, 5.74) is 0.413. The largest absolute Gasteiger partial charge is 0.396 e. The van der Waals surface area contributed by atoms with E-state index in [1.165, 1.54) is 19.1 Å². The first-order chi connectivity index (χ1) is 5.68. The van der Waals surface area contributed by atoms with E-state index < -0.39 is 0 Å². The van der Waals surface area contributed by atoms with E-state index >= 15 is 0 Å². The van der Waals surface area contributed by atoms with Crippen molar-refractivity contribution in [3.05, 3.63) is 6.92 Å². The van der Waals surface area contributed by atoms with Gasteiger partial charge in [-0.25, -0.2) is 0 Å². The molecule has 0 aliphatic rings. The van der Waals surface area contributed by atoms with Crippen LogP contribution in [0.1, 0.15) is 40.0 Å². The third-order valence-electron chi connectivity index (χ3n) is 2.65. The zero-order chi connectivity index (χ0) is 9.45. The van der Waals surface area contributed by atoms with E-state index in [0.29, 0.717) is 12.0 Å². The van der Waals surface area contributed by atoms with Crippen molar-refractivity contribution >= 4 is 6.21 Å². The van der Waals surface area contributed by atoms with Gasteiger partial charge in [-0.1, -0.05) is 38.8 Å². The average Bonchev–Trinajstić information content (AvgIpc) is 2.12. The minimum atomic E-state index is 0.413. The average molecular weight is 170 g/mol. The van der Waals surface area contributed by atoms with Gasteiger partial charge >= 0.3 is 0 Å². The lowest BCUT2D eigenvalue weighted by molar-refractivity contribution is 0.103. The highest BCUT2D eigenvalue weighted by Crippen LogP contribution is 2.29. The molecule has 12 heavy (non-hydrogen) atoms. The molecule has 0 aromatic heterocycles. The molecule has 0 N–H and O–H groups in total. The highest BCUT2D eigenvalue weighted by Gasteiger charge is 2.18. The van der Waals surface area contributed by atoms with Crippen LogP contribution in [0.2, 0.25) is 0 Å². The highest BCUT2D eigenvalue weighted by atomic mass is 16.6. The maximum absolute atomic E-state index is 4.99. The predicted octanol–water partition coefficient (Wildman–Crippen LogP) is 3.04. The number of hydrogen-bond donors (Lipinski definition) is 0. The molecule has 1 radical (unpaired) electrons. The van der Waals surface area contributed by atoms with Gasteiger partial charge in [-0.2, -0.15) is 0 Å². The molecule has 2 heteroatoms. The van der Waals surface area contributed by atoms with Crippen LogP contribution < -0.4 is 0 Å². The molecule has 0 rings (SSSR count). The number of nitrogens with zero attached hydrogens (tertiary/aromatic N) is 1. The Kier molecular flexibility index (Phi) is 5.77. The first-order valence-electron chi connectivity index (χ1n) is 4.61. The Bertz CT molecular complexity index is 128. The molecule has 0 saturated heterocycles. The number of rotatable bonds is 6. The van der Waals surface area contributed by atoms with Gasteiger partial charge in [0.15, 0.2) is 0 Å². The molecule has 0 aliphatic carbocycles. The van der Waals surface area contributed by atoms with Crippen molar-refractivity contribution in [3.8, 4) is 0 Å². The lowest BCUT2D eigenvalue weighted by Crippen LogP contribution is -2.15. The van der Waals surface area contributed by atoms with Gasteiger partial charge in [0, 0.05) is 6.21 Å². The second kappa shape index (κ2) is 6.04. The van der Waals surface area contributed by atoms with Gasteiger partial charge in [-0.15, -0.1) is 0 Å². The molecule has 2 nitrogen and oxygen atoms in total. The highest BCUT2D eigenvalue weighted by molar-refractivity contribution is 5.60. The van der Waals surface area contributed by atoms with Crippen LogP contribution in [0.3, 0.4) is 0 Å². The molecule has 0 fully saturated rings. The zero-order valence-electron chi connectivity index (χ0n) is 8.47. The van der Waals surface area contributed by atoms with Crippen LogP contribution in [0.25, 0.3) is 0 Å². The fraction of sp³-hybridized carbons (Fsp3) is 0.800. The van der Waals surface area contributed by atoms with E-state index in [1.54, 1.807) is 0 Å². The van der Waals surface area contributed by atoms with Crippen LogP contribution in [0.5, 0.6) is 0 Å². The summed E-state index contributed by atoms with van der Waals surface area (Å²) in [4.78, 5) is 4.99. The van der Waals surface area contributed by atoms with E-state index in [-0.39, 0.29) is 0 Å². The van der Waals surface area contributed by atoms with E-state index in [9.17, 15) is 0 Å². The lowest BCUT2D eigenvalue weighted by atomic mass is 9.82. The van der Waals surface area contributed by atoms with Crippen molar-refractivity contribution in [1.82, 2.24) is 0 Å². The molecule has 0 atom stereocenters. The Labute approximate surface area is 76.0 Å². The summed E-state index contributed by atoms with van der Waals surface area (Å²) in [5, 5.41) is 3.61. The monoisotopic (exact) mass is 170 g/mol. The van der Waals surface area contributed by atoms with Crippen LogP contribution in [0.15, 0.2) is 5.16 Å². The quantitative estimate of drug-likeness (QED) is 0.341. The fourth-order valence-corrected chi connectivity index (χ4v) is 1.00. The minimum Gasteiger partial charge on any atom is -0.396 e. The predicted molar refractivity (Wildman–Crippen MR) is 53.1 cm³/mol. The Hall–Kier alpha value is -0.530. The molecule has 0 amide bonds. The number of oxime groups is 1. The summed E-state index contributed by atoms with van der Waals surface area (Å²) < 4.78 is 0. The smallest absolute Gasteiger partial charge is 0.117 e. The summed E-state index contributed by atoms with van der Waals surface area (Å²) in [6.45, 7) is 10.9. The number of hydrogen-bond acceptors (Lipinski definition) is 2. The topological polar surface area (TPSA) is 21.6 Å². The maximum atomic E-state index is 4.99. The Morgan fingerprint density at radius 3 is 2.42 bits per heavy atom. The minimum absolute atomic E-state index is 0.413. The van der Waals surface area contributed by atoms with Crippen molar-refractivity contribution in [2.75, 3.05) is 6.61 Å². The normalized spacial score (nSPS) is 12.3. The van der Waals surface area contributed by atoms with Crippen molar-refractivity contribution in [1.29, 1.82) is 0 Å². The van der Waals surface area contributed by atoms with Gasteiger partial charge in [-0.05, 0) is 18.8 Å². The van der Waals surface area contributed by atoms with Crippen molar-refractivity contribution in [3.63, 3.8) is 0 Å². The summed E-state index contributed by atoms with van der Waals surface area (Å²) in [5.74, 6) is 0. The maximum Gasteiger partial charge on any atom is 0.117 e. The van der Waals surface area contributed by atoms with Crippen LogP contribution in [0.4, 0.5) is 0 Å². The van der Waals surface area contributed by atoms with Gasteiger partial charge in [0.2, 0.25) is 0 Å². The van der Waals surface area contributed by atoms with E-state index in [0.717, 1.165) is 6.42 Å². The third kappa shape index (κ3) is 4.37. The Morgan fingerprint density at radius 1 is 1.42 bits per heavy atom. The van der Waals surface area contributed by atoms with Crippen molar-refractivity contribution in [2.45, 2.75) is 40.0 Å². The van der Waals surface area contributed by atoms with Crippen LogP contribution >= 0.6 is 0 Å². The molecule has 0 unspecified atom stereocenters. The molecular weight excluding hydrogens is 150 g/mol. The molecular formula is C10H20NO. The lowest BCUT2D eigenvalue weighted by Gasteiger charge is -2.25. The Balaban J connectivity index is 3.58. The van der Waals surface area contributed by atoms with Crippen LogP contribution in [0, 0.1) is 12.3 Å². The molecule has 71 valence electrons. The molecule has 0 saturated carbocycles. The van der Waals surface area contributed by atoms with Gasteiger partial charge in [0.25, 0.3) is 0 Å². The zero-order valence-corrected chi connectivity index (χ0v) is 8.47. The molecule has 0 spiro atoms. The molecule has 0 aromatic carbocycles. The van der Waals surface area contributed by atoms with Gasteiger partial charge in [0.05, 0.1) is 0 Å². The second-order valence-corrected chi connectivity index (χ2v) is 3.39. The van der Waals surface area contributed by atoms with E-state index in [4.69, 9.17) is 4.84 Å². The Morgan fingerprint density at radius 2 is 2.00 bits per heavy atom. The SMILES string of the molecule is [CH2]C=NOCCC(C)(CC)CC. The molecule has 0 aromatic rings. The van der Waals surface area contributed by atoms with Gasteiger partial charge in [-0.3, -0.25) is 0 Å². The van der Waals surface area contributed by atoms with Crippen molar-refractivity contribution in [2.24, 2.45) is 10.6 Å². The molecule has 0 bridgehead atoms. The van der Waals surface area contributed by atoms with Crippen molar-refractivity contribution < 1.29 is 4.84 Å².